The number of ketones is 1. The van der Waals surface area contributed by atoms with Crippen molar-refractivity contribution in [2.45, 2.75) is 32.4 Å². The number of imidazole rings is 1. The highest BCUT2D eigenvalue weighted by Crippen LogP contribution is 2.43. The number of carbonyl (C=O) groups is 2. The Kier molecular flexibility index (Phi) is 4.38. The molecule has 1 amide bonds. The van der Waals surface area contributed by atoms with E-state index in [9.17, 15) is 14.7 Å². The average Bonchev–Trinajstić information content (AvgIpc) is 3.57. The second-order valence-electron chi connectivity index (χ2n) is 8.65. The maximum Gasteiger partial charge on any atom is 0.302 e. The highest BCUT2D eigenvalue weighted by Gasteiger charge is 2.49. The number of hydrogen-bond acceptors (Lipinski definition) is 6. The van der Waals surface area contributed by atoms with Crippen molar-refractivity contribution in [3.63, 3.8) is 0 Å². The van der Waals surface area contributed by atoms with Crippen LogP contribution in [0, 0.1) is 6.92 Å². The van der Waals surface area contributed by atoms with E-state index < -0.39 is 17.7 Å². The van der Waals surface area contributed by atoms with Crippen LogP contribution >= 0.6 is 0 Å². The van der Waals surface area contributed by atoms with E-state index in [0.29, 0.717) is 29.0 Å². The number of amides is 1. The fourth-order valence-corrected chi connectivity index (χ4v) is 4.70. The van der Waals surface area contributed by atoms with Crippen molar-refractivity contribution in [3.05, 3.63) is 82.8 Å². The Labute approximate surface area is 194 Å². The average molecular weight is 455 g/mol. The van der Waals surface area contributed by atoms with Gasteiger partial charge in [-0.15, -0.1) is 0 Å². The van der Waals surface area contributed by atoms with Gasteiger partial charge in [-0.2, -0.15) is 0 Å². The summed E-state index contributed by atoms with van der Waals surface area (Å²) in [5, 5.41) is 11.3. The molecule has 0 saturated carbocycles. The Hall–Kier alpha value is -4.33. The van der Waals surface area contributed by atoms with Crippen LogP contribution in [-0.4, -0.2) is 32.9 Å². The molecule has 0 bridgehead atoms. The number of aromatic nitrogens is 2. The first-order valence-corrected chi connectivity index (χ1v) is 11.0. The van der Waals surface area contributed by atoms with E-state index >= 15 is 0 Å². The van der Waals surface area contributed by atoms with E-state index in [1.807, 2.05) is 31.2 Å². The number of nitrogens with one attached hydrogen (secondary N) is 1. The van der Waals surface area contributed by atoms with Crippen LogP contribution in [-0.2, 0) is 16.0 Å². The predicted molar refractivity (Wildman–Crippen MR) is 125 cm³/mol. The van der Waals surface area contributed by atoms with Gasteiger partial charge in [-0.3, -0.25) is 14.5 Å². The van der Waals surface area contributed by atoms with Crippen molar-refractivity contribution < 1.29 is 23.8 Å². The molecular formula is C26H21N3O5. The van der Waals surface area contributed by atoms with Gasteiger partial charge in [0.05, 0.1) is 16.6 Å². The molecule has 6 rings (SSSR count). The number of carbonyl (C=O) groups excluding carboxylic acids is 2. The number of Topliss-reactive ketones (excluding diaryl/α,β-unsaturated/α-hetero) is 1. The Morgan fingerprint density at radius 1 is 1.15 bits per heavy atom. The lowest BCUT2D eigenvalue weighted by Gasteiger charge is -2.20. The maximum atomic E-state index is 13.3. The van der Waals surface area contributed by atoms with Crippen LogP contribution in [0.2, 0.25) is 0 Å². The van der Waals surface area contributed by atoms with E-state index in [0.717, 1.165) is 16.8 Å². The zero-order valence-electron chi connectivity index (χ0n) is 18.5. The molecular weight excluding hydrogens is 434 g/mol. The molecule has 1 saturated heterocycles. The van der Waals surface area contributed by atoms with Gasteiger partial charge in [-0.05, 0) is 61.9 Å². The normalized spacial score (nSPS) is 21.3. The van der Waals surface area contributed by atoms with Gasteiger partial charge in [0.25, 0.3) is 5.78 Å². The number of fused-ring (bicyclic) bond motifs is 2. The number of aryl methyl sites for hydroxylation is 1. The van der Waals surface area contributed by atoms with Gasteiger partial charge >= 0.3 is 5.91 Å². The molecule has 8 heteroatoms. The molecule has 2 aliphatic rings. The highest BCUT2D eigenvalue weighted by molar-refractivity contribution is 6.51. The van der Waals surface area contributed by atoms with Gasteiger partial charge in [0.2, 0.25) is 5.95 Å². The number of benzene rings is 2. The van der Waals surface area contributed by atoms with Crippen molar-refractivity contribution in [1.82, 2.24) is 9.97 Å². The first-order valence-electron chi connectivity index (χ1n) is 11.0. The molecule has 8 nitrogen and oxygen atoms in total. The number of aromatic amines is 1. The molecule has 2 N–H and O–H groups in total. The van der Waals surface area contributed by atoms with Crippen LogP contribution in [0.4, 0.5) is 5.95 Å². The lowest BCUT2D eigenvalue weighted by molar-refractivity contribution is -0.132. The van der Waals surface area contributed by atoms with Crippen molar-refractivity contribution >= 4 is 34.4 Å². The zero-order valence-corrected chi connectivity index (χ0v) is 18.5. The summed E-state index contributed by atoms with van der Waals surface area (Å²) in [5.74, 6) is 0.0755. The molecule has 4 aromatic rings. The largest absolute Gasteiger partial charge is 0.507 e. The number of aliphatic hydroxyl groups excluding tert-OH is 1. The third kappa shape index (κ3) is 3.02. The molecule has 34 heavy (non-hydrogen) atoms. The molecule has 2 aliphatic heterocycles. The molecule has 0 radical (unpaired) electrons. The van der Waals surface area contributed by atoms with Crippen LogP contribution in [0.1, 0.15) is 35.6 Å². The second-order valence-corrected chi connectivity index (χ2v) is 8.65. The summed E-state index contributed by atoms with van der Waals surface area (Å²) in [6.07, 6.45) is 0.738. The van der Waals surface area contributed by atoms with Gasteiger partial charge in [-0.25, -0.2) is 4.98 Å². The number of hydrogen-bond donors (Lipinski definition) is 2. The maximum absolute atomic E-state index is 13.3. The first kappa shape index (κ1) is 20.3. The van der Waals surface area contributed by atoms with Crippen molar-refractivity contribution in [2.24, 2.45) is 0 Å². The number of para-hydroxylation sites is 2. The fraction of sp³-hybridized carbons (Fsp3) is 0.192. The standard InChI is InChI=1S/C26H21N3O5/c1-13-7-9-20(33-13)22-21(23(30)15-8-10-19-16(12-15)11-14(2)34-19)24(31)25(32)29(22)26-27-17-5-3-4-6-18(17)28-26/h3-10,12,14,22,30H,11H2,1-2H3,(H,27,28)/b23-21+. The number of aliphatic hydroxyl groups is 1. The Balaban J connectivity index is 1.53. The van der Waals surface area contributed by atoms with E-state index in [2.05, 4.69) is 9.97 Å². The van der Waals surface area contributed by atoms with Gasteiger partial charge < -0.3 is 19.2 Å². The minimum Gasteiger partial charge on any atom is -0.507 e. The van der Waals surface area contributed by atoms with Crippen LogP contribution in [0.15, 0.2) is 64.6 Å². The van der Waals surface area contributed by atoms with Gasteiger partial charge in [0.15, 0.2) is 0 Å². The summed E-state index contributed by atoms with van der Waals surface area (Å²) >= 11 is 0. The Bertz CT molecular complexity index is 1480. The van der Waals surface area contributed by atoms with Crippen LogP contribution < -0.4 is 9.64 Å². The molecule has 2 aromatic carbocycles. The third-order valence-corrected chi connectivity index (χ3v) is 6.25. The number of nitrogens with zero attached hydrogens (tertiary/aromatic N) is 2. The molecule has 2 aromatic heterocycles. The van der Waals surface area contributed by atoms with E-state index in [1.54, 1.807) is 37.3 Å². The SMILES string of the molecule is Cc1ccc(C2/C(=C(\O)c3ccc4c(c3)CC(C)O4)C(=O)C(=O)N2c2nc3ccccc3[nH]2)o1. The molecule has 1 fully saturated rings. The molecule has 2 unspecified atom stereocenters. The number of furan rings is 1. The summed E-state index contributed by atoms with van der Waals surface area (Å²) in [5.41, 5.74) is 2.70. The fourth-order valence-electron chi connectivity index (χ4n) is 4.70. The molecule has 170 valence electrons. The van der Waals surface area contributed by atoms with Gasteiger partial charge in [0.1, 0.15) is 35.2 Å². The summed E-state index contributed by atoms with van der Waals surface area (Å²) in [6, 6.07) is 15.1. The second kappa shape index (κ2) is 7.34. The first-order chi connectivity index (χ1) is 16.4. The van der Waals surface area contributed by atoms with Gasteiger partial charge in [0, 0.05) is 12.0 Å². The van der Waals surface area contributed by atoms with Crippen molar-refractivity contribution in [3.8, 4) is 5.75 Å². The monoisotopic (exact) mass is 455 g/mol. The van der Waals surface area contributed by atoms with Crippen LogP contribution in [0.25, 0.3) is 16.8 Å². The van der Waals surface area contributed by atoms with E-state index in [-0.39, 0.29) is 23.4 Å². The van der Waals surface area contributed by atoms with E-state index in [1.165, 1.54) is 4.90 Å². The molecule has 4 heterocycles. The summed E-state index contributed by atoms with van der Waals surface area (Å²) < 4.78 is 11.6. The quantitative estimate of drug-likeness (QED) is 0.269. The van der Waals surface area contributed by atoms with Crippen LogP contribution in [0.5, 0.6) is 5.75 Å². The lowest BCUT2D eigenvalue weighted by Crippen LogP contribution is -2.30. The number of ether oxygens (including phenoxy) is 1. The van der Waals surface area contributed by atoms with Gasteiger partial charge in [-0.1, -0.05) is 12.1 Å². The Morgan fingerprint density at radius 2 is 1.97 bits per heavy atom. The van der Waals surface area contributed by atoms with Crippen molar-refractivity contribution in [2.75, 3.05) is 4.90 Å². The smallest absolute Gasteiger partial charge is 0.302 e. The number of rotatable bonds is 3. The van der Waals surface area contributed by atoms with E-state index in [4.69, 9.17) is 9.15 Å². The molecule has 0 aliphatic carbocycles. The highest BCUT2D eigenvalue weighted by atomic mass is 16.5. The molecule has 0 spiro atoms. The van der Waals surface area contributed by atoms with Crippen LogP contribution in [0.3, 0.4) is 0 Å². The third-order valence-electron chi connectivity index (χ3n) is 6.25. The topological polar surface area (TPSA) is 109 Å². The number of anilines is 1. The Morgan fingerprint density at radius 3 is 2.74 bits per heavy atom. The number of H-pyrrole nitrogens is 1. The minimum absolute atomic E-state index is 0.0390. The summed E-state index contributed by atoms with van der Waals surface area (Å²) in [7, 11) is 0. The van der Waals surface area contributed by atoms with Crippen molar-refractivity contribution in [1.29, 1.82) is 0 Å². The summed E-state index contributed by atoms with van der Waals surface area (Å²) in [4.78, 5) is 35.4. The minimum atomic E-state index is -0.974. The predicted octanol–water partition coefficient (Wildman–Crippen LogP) is 4.41. The zero-order chi connectivity index (χ0) is 23.6. The summed E-state index contributed by atoms with van der Waals surface area (Å²) in [6.45, 7) is 3.75. The lowest BCUT2D eigenvalue weighted by atomic mass is 9.97. The molecule has 2 atom stereocenters.